The molecule has 56 valence electrons. The molecular formula is C9H14S. The zero-order chi connectivity index (χ0) is 8.15. The van der Waals surface area contributed by atoms with E-state index in [0.717, 1.165) is 10.5 Å². The second-order valence-corrected chi connectivity index (χ2v) is 2.76. The van der Waals surface area contributed by atoms with E-state index in [4.69, 9.17) is 0 Å². The maximum absolute atomic E-state index is 4.28. The van der Waals surface area contributed by atoms with Crippen molar-refractivity contribution < 1.29 is 0 Å². The Hall–Kier alpha value is -0.430. The number of allylic oxidation sites excluding steroid dienone is 4. The van der Waals surface area contributed by atoms with E-state index in [-0.39, 0.29) is 0 Å². The van der Waals surface area contributed by atoms with Gasteiger partial charge in [0.05, 0.1) is 0 Å². The van der Waals surface area contributed by atoms with Crippen molar-refractivity contribution in [1.82, 2.24) is 0 Å². The minimum absolute atomic E-state index is 0.984. The monoisotopic (exact) mass is 154 g/mol. The maximum atomic E-state index is 4.28. The SMILES string of the molecule is C=C(C)/C(S)=C(C)/C=C\C. The fourth-order valence-corrected chi connectivity index (χ4v) is 0.740. The molecule has 0 N–H and O–H groups in total. The van der Waals surface area contributed by atoms with E-state index in [1.807, 2.05) is 32.9 Å². The summed E-state index contributed by atoms with van der Waals surface area (Å²) in [6.07, 6.45) is 4.02. The third-order valence-electron chi connectivity index (χ3n) is 1.19. The average Bonchev–Trinajstić information content (AvgIpc) is 1.87. The third kappa shape index (κ3) is 2.92. The molecule has 0 radical (unpaired) electrons. The lowest BCUT2D eigenvalue weighted by molar-refractivity contribution is 1.42. The summed E-state index contributed by atoms with van der Waals surface area (Å²) in [5, 5.41) is 0. The van der Waals surface area contributed by atoms with Gasteiger partial charge in [-0.1, -0.05) is 18.7 Å². The molecule has 0 fully saturated rings. The first-order chi connectivity index (χ1) is 4.59. The zero-order valence-electron chi connectivity index (χ0n) is 6.81. The highest BCUT2D eigenvalue weighted by Crippen LogP contribution is 2.16. The van der Waals surface area contributed by atoms with Crippen molar-refractivity contribution in [2.24, 2.45) is 0 Å². The van der Waals surface area contributed by atoms with Gasteiger partial charge in [-0.15, -0.1) is 12.6 Å². The summed E-state index contributed by atoms with van der Waals surface area (Å²) in [6.45, 7) is 9.76. The van der Waals surface area contributed by atoms with Gasteiger partial charge in [0.15, 0.2) is 0 Å². The molecule has 0 atom stereocenters. The number of hydrogen-bond acceptors (Lipinski definition) is 1. The Morgan fingerprint density at radius 3 is 2.20 bits per heavy atom. The van der Waals surface area contributed by atoms with Gasteiger partial charge in [0.25, 0.3) is 0 Å². The van der Waals surface area contributed by atoms with E-state index in [0.29, 0.717) is 0 Å². The fraction of sp³-hybridized carbons (Fsp3) is 0.333. The van der Waals surface area contributed by atoms with Gasteiger partial charge in [-0.25, -0.2) is 0 Å². The lowest BCUT2D eigenvalue weighted by Gasteiger charge is -1.99. The summed E-state index contributed by atoms with van der Waals surface area (Å²) >= 11 is 4.28. The molecule has 10 heavy (non-hydrogen) atoms. The second-order valence-electron chi connectivity index (χ2n) is 2.31. The molecular weight excluding hydrogens is 140 g/mol. The molecule has 0 unspecified atom stereocenters. The third-order valence-corrected chi connectivity index (χ3v) is 1.93. The van der Waals surface area contributed by atoms with Crippen LogP contribution in [0.2, 0.25) is 0 Å². The van der Waals surface area contributed by atoms with Crippen LogP contribution in [0.4, 0.5) is 0 Å². The lowest BCUT2D eigenvalue weighted by atomic mass is 10.2. The summed E-state index contributed by atoms with van der Waals surface area (Å²) in [5.74, 6) is 0. The van der Waals surface area contributed by atoms with Crippen LogP contribution in [0.25, 0.3) is 0 Å². The van der Waals surface area contributed by atoms with Gasteiger partial charge in [-0.05, 0) is 31.9 Å². The van der Waals surface area contributed by atoms with Crippen LogP contribution in [0.1, 0.15) is 20.8 Å². The van der Waals surface area contributed by atoms with E-state index in [1.54, 1.807) is 0 Å². The molecule has 0 spiro atoms. The van der Waals surface area contributed by atoms with Crippen LogP contribution in [0, 0.1) is 0 Å². The number of rotatable bonds is 2. The molecule has 0 aromatic carbocycles. The standard InChI is InChI=1S/C9H14S/c1-5-6-8(4)9(10)7(2)3/h5-6,10H,2H2,1,3-4H3/b6-5-,9-8-. The summed E-state index contributed by atoms with van der Waals surface area (Å²) in [6, 6.07) is 0. The molecule has 0 saturated carbocycles. The predicted molar refractivity (Wildman–Crippen MR) is 51.3 cm³/mol. The van der Waals surface area contributed by atoms with Gasteiger partial charge in [0.1, 0.15) is 0 Å². The summed E-state index contributed by atoms with van der Waals surface area (Å²) in [4.78, 5) is 0.984. The highest BCUT2D eigenvalue weighted by atomic mass is 32.1. The van der Waals surface area contributed by atoms with Crippen LogP contribution < -0.4 is 0 Å². The Morgan fingerprint density at radius 2 is 1.90 bits per heavy atom. The topological polar surface area (TPSA) is 0 Å². The molecule has 0 bridgehead atoms. The molecule has 1 heteroatoms. The summed E-state index contributed by atoms with van der Waals surface area (Å²) in [7, 11) is 0. The van der Waals surface area contributed by atoms with E-state index >= 15 is 0 Å². The first-order valence-corrected chi connectivity index (χ1v) is 3.72. The lowest BCUT2D eigenvalue weighted by Crippen LogP contribution is -1.77. The highest BCUT2D eigenvalue weighted by Gasteiger charge is 1.92. The molecule has 0 heterocycles. The Morgan fingerprint density at radius 1 is 1.40 bits per heavy atom. The molecule has 0 rings (SSSR count). The molecule has 0 nitrogen and oxygen atoms in total. The molecule has 0 amide bonds. The first-order valence-electron chi connectivity index (χ1n) is 3.28. The Labute approximate surface area is 68.7 Å². The largest absolute Gasteiger partial charge is 0.143 e. The summed E-state index contributed by atoms with van der Waals surface area (Å²) in [5.41, 5.74) is 2.18. The molecule has 0 aromatic rings. The molecule has 0 aromatic heterocycles. The molecule has 0 aliphatic rings. The van der Waals surface area contributed by atoms with Crippen LogP contribution in [0.5, 0.6) is 0 Å². The minimum Gasteiger partial charge on any atom is -0.143 e. The molecule has 0 saturated heterocycles. The Balaban J connectivity index is 4.50. The highest BCUT2D eigenvalue weighted by molar-refractivity contribution is 7.84. The van der Waals surface area contributed by atoms with Crippen LogP contribution in [0.15, 0.2) is 34.8 Å². The van der Waals surface area contributed by atoms with Gasteiger partial charge in [-0.2, -0.15) is 0 Å². The zero-order valence-corrected chi connectivity index (χ0v) is 7.70. The van der Waals surface area contributed by atoms with Crippen molar-refractivity contribution in [3.63, 3.8) is 0 Å². The van der Waals surface area contributed by atoms with E-state index in [1.165, 1.54) is 5.57 Å². The normalized spacial score (nSPS) is 13.6. The quantitative estimate of drug-likeness (QED) is 0.457. The van der Waals surface area contributed by atoms with Crippen LogP contribution >= 0.6 is 12.6 Å². The van der Waals surface area contributed by atoms with Crippen molar-refractivity contribution in [1.29, 1.82) is 0 Å². The smallest absolute Gasteiger partial charge is 0.00924 e. The van der Waals surface area contributed by atoms with Crippen LogP contribution in [-0.2, 0) is 0 Å². The van der Waals surface area contributed by atoms with E-state index < -0.39 is 0 Å². The average molecular weight is 154 g/mol. The van der Waals surface area contributed by atoms with Crippen LogP contribution in [-0.4, -0.2) is 0 Å². The van der Waals surface area contributed by atoms with Crippen molar-refractivity contribution in [3.05, 3.63) is 34.8 Å². The van der Waals surface area contributed by atoms with Gasteiger partial charge < -0.3 is 0 Å². The van der Waals surface area contributed by atoms with Gasteiger partial charge in [0.2, 0.25) is 0 Å². The number of hydrogen-bond donors (Lipinski definition) is 1. The Bertz CT molecular complexity index is 185. The van der Waals surface area contributed by atoms with Gasteiger partial charge >= 0.3 is 0 Å². The van der Waals surface area contributed by atoms with Gasteiger partial charge in [-0.3, -0.25) is 0 Å². The van der Waals surface area contributed by atoms with Gasteiger partial charge in [0, 0.05) is 4.91 Å². The second kappa shape index (κ2) is 4.40. The van der Waals surface area contributed by atoms with Crippen molar-refractivity contribution >= 4 is 12.6 Å². The molecule has 0 aliphatic carbocycles. The summed E-state index contributed by atoms with van der Waals surface area (Å²) < 4.78 is 0. The van der Waals surface area contributed by atoms with Crippen molar-refractivity contribution in [2.45, 2.75) is 20.8 Å². The maximum Gasteiger partial charge on any atom is 0.00924 e. The van der Waals surface area contributed by atoms with E-state index in [2.05, 4.69) is 19.2 Å². The van der Waals surface area contributed by atoms with E-state index in [9.17, 15) is 0 Å². The van der Waals surface area contributed by atoms with Crippen molar-refractivity contribution in [2.75, 3.05) is 0 Å². The first kappa shape index (κ1) is 9.57. The van der Waals surface area contributed by atoms with Crippen molar-refractivity contribution in [3.8, 4) is 0 Å². The predicted octanol–water partition coefficient (Wildman–Crippen LogP) is 3.34. The fourth-order valence-electron chi connectivity index (χ4n) is 0.666. The number of thiol groups is 1. The Kier molecular flexibility index (Phi) is 4.21. The van der Waals surface area contributed by atoms with Crippen LogP contribution in [0.3, 0.4) is 0 Å². The minimum atomic E-state index is 0.984. The molecule has 0 aliphatic heterocycles.